The number of nitrogens with two attached hydrogens (primary N) is 1. The molecule has 5 nitrogen and oxygen atoms in total. The van der Waals surface area contributed by atoms with Gasteiger partial charge in [-0.05, 0) is 18.2 Å². The van der Waals surface area contributed by atoms with E-state index in [1.807, 2.05) is 12.1 Å². The molecular weight excluding hydrogens is 304 g/mol. The normalized spacial score (nSPS) is 10.8. The van der Waals surface area contributed by atoms with Crippen LogP contribution < -0.4 is 11.1 Å². The van der Waals surface area contributed by atoms with Crippen molar-refractivity contribution in [2.24, 2.45) is 0 Å². The van der Waals surface area contributed by atoms with Gasteiger partial charge in [0.25, 0.3) is 5.91 Å². The fraction of sp³-hybridized carbons (Fsp3) is 0. The fourth-order valence-corrected chi connectivity index (χ4v) is 3.19. The van der Waals surface area contributed by atoms with Gasteiger partial charge in [-0.1, -0.05) is 22.9 Å². The number of hydrogen-bond donors (Lipinski definition) is 2. The van der Waals surface area contributed by atoms with Crippen molar-refractivity contribution in [2.45, 2.75) is 0 Å². The van der Waals surface area contributed by atoms with Crippen molar-refractivity contribution >= 4 is 60.7 Å². The van der Waals surface area contributed by atoms with Gasteiger partial charge in [0.2, 0.25) is 0 Å². The second kappa shape index (κ2) is 4.76. The second-order valence-electron chi connectivity index (χ2n) is 3.66. The summed E-state index contributed by atoms with van der Waals surface area (Å²) in [5, 5.41) is 5.81. The number of hydrogen-bond acceptors (Lipinski definition) is 6. The molecule has 1 aromatic carbocycles. The summed E-state index contributed by atoms with van der Waals surface area (Å²) < 4.78 is 0.917. The molecule has 0 fully saturated rings. The maximum atomic E-state index is 11.9. The van der Waals surface area contributed by atoms with E-state index in [-0.39, 0.29) is 5.91 Å². The number of rotatable bonds is 2. The first-order valence-electron chi connectivity index (χ1n) is 5.20. The minimum absolute atomic E-state index is 0.291. The van der Waals surface area contributed by atoms with Gasteiger partial charge in [0.1, 0.15) is 5.69 Å². The number of aromatic nitrogens is 2. The lowest BCUT2D eigenvalue weighted by Gasteiger charge is -1.96. The summed E-state index contributed by atoms with van der Waals surface area (Å²) in [6.07, 6.45) is 0. The van der Waals surface area contributed by atoms with Crippen LogP contribution in [0, 0.1) is 0 Å². The van der Waals surface area contributed by atoms with E-state index in [1.165, 1.54) is 22.7 Å². The predicted octanol–water partition coefficient (Wildman–Crippen LogP) is 3.24. The van der Waals surface area contributed by atoms with Gasteiger partial charge >= 0.3 is 0 Å². The van der Waals surface area contributed by atoms with Gasteiger partial charge < -0.3 is 5.73 Å². The van der Waals surface area contributed by atoms with Crippen molar-refractivity contribution in [3.05, 3.63) is 34.3 Å². The summed E-state index contributed by atoms with van der Waals surface area (Å²) in [6, 6.07) is 5.38. The lowest BCUT2D eigenvalue weighted by molar-refractivity contribution is 0.102. The minimum Gasteiger partial charge on any atom is -0.375 e. The lowest BCUT2D eigenvalue weighted by Crippen LogP contribution is -2.12. The fourth-order valence-electron chi connectivity index (χ4n) is 1.50. The number of thiazole rings is 2. The standard InChI is InChI=1S/C11H7ClN4OS2/c12-5-1-2-6-8(3-5)19-11(15-6)16-9(17)7-4-18-10(13)14-7/h1-4H,(H2,13,14)(H,15,16,17). The molecule has 3 rings (SSSR count). The molecule has 0 saturated carbocycles. The topological polar surface area (TPSA) is 80.9 Å². The molecule has 0 radical (unpaired) electrons. The number of nitrogens with one attached hydrogen (secondary N) is 1. The molecule has 3 aromatic rings. The third kappa shape index (κ3) is 2.53. The first-order valence-corrected chi connectivity index (χ1v) is 7.28. The highest BCUT2D eigenvalue weighted by Gasteiger charge is 2.12. The minimum atomic E-state index is -0.321. The number of fused-ring (bicyclic) bond motifs is 1. The van der Waals surface area contributed by atoms with Gasteiger partial charge in [-0.15, -0.1) is 11.3 Å². The Bertz CT molecular complexity index is 767. The van der Waals surface area contributed by atoms with E-state index in [4.69, 9.17) is 17.3 Å². The van der Waals surface area contributed by atoms with E-state index >= 15 is 0 Å². The Hall–Kier alpha value is -1.70. The van der Waals surface area contributed by atoms with Crippen molar-refractivity contribution in [3.8, 4) is 0 Å². The van der Waals surface area contributed by atoms with Gasteiger partial charge in [-0.3, -0.25) is 10.1 Å². The maximum absolute atomic E-state index is 11.9. The third-order valence-corrected chi connectivity index (χ3v) is 4.17. The van der Waals surface area contributed by atoms with Crippen LogP contribution in [0.3, 0.4) is 0 Å². The Morgan fingerprint density at radius 1 is 1.37 bits per heavy atom. The molecule has 0 unspecified atom stereocenters. The van der Waals surface area contributed by atoms with Crippen LogP contribution in [0.5, 0.6) is 0 Å². The van der Waals surface area contributed by atoms with Crippen LogP contribution in [-0.2, 0) is 0 Å². The van der Waals surface area contributed by atoms with Gasteiger partial charge in [-0.2, -0.15) is 0 Å². The quantitative estimate of drug-likeness (QED) is 0.761. The summed E-state index contributed by atoms with van der Waals surface area (Å²) in [5.41, 5.74) is 6.57. The van der Waals surface area contributed by atoms with Crippen molar-refractivity contribution < 1.29 is 4.79 Å². The molecule has 2 heterocycles. The van der Waals surface area contributed by atoms with Crippen molar-refractivity contribution in [1.29, 1.82) is 0 Å². The molecule has 0 spiro atoms. The van der Waals surface area contributed by atoms with Gasteiger partial charge in [-0.25, -0.2) is 9.97 Å². The third-order valence-electron chi connectivity index (χ3n) is 2.33. The molecule has 2 aromatic heterocycles. The number of halogens is 1. The number of amides is 1. The van der Waals surface area contributed by atoms with E-state index in [0.717, 1.165) is 10.2 Å². The van der Waals surface area contributed by atoms with Gasteiger partial charge in [0.15, 0.2) is 10.3 Å². The Labute approximate surface area is 121 Å². The van der Waals surface area contributed by atoms with E-state index in [9.17, 15) is 4.79 Å². The first kappa shape index (κ1) is 12.3. The summed E-state index contributed by atoms with van der Waals surface area (Å²) in [5.74, 6) is -0.321. The molecule has 19 heavy (non-hydrogen) atoms. The molecule has 0 aliphatic rings. The smallest absolute Gasteiger partial charge is 0.276 e. The molecule has 3 N–H and O–H groups in total. The summed E-state index contributed by atoms with van der Waals surface area (Å²) >= 11 is 8.48. The van der Waals surface area contributed by atoms with Crippen LogP contribution >= 0.6 is 34.3 Å². The molecule has 96 valence electrons. The zero-order valence-electron chi connectivity index (χ0n) is 9.38. The second-order valence-corrected chi connectivity index (χ2v) is 6.01. The highest BCUT2D eigenvalue weighted by atomic mass is 35.5. The lowest BCUT2D eigenvalue weighted by atomic mass is 10.3. The Morgan fingerprint density at radius 2 is 2.21 bits per heavy atom. The largest absolute Gasteiger partial charge is 0.375 e. The molecular formula is C11H7ClN4OS2. The van der Waals surface area contributed by atoms with E-state index in [2.05, 4.69) is 15.3 Å². The molecule has 1 amide bonds. The SMILES string of the molecule is Nc1nc(C(=O)Nc2nc3ccc(Cl)cc3s2)cs1. The van der Waals surface area contributed by atoms with E-state index in [1.54, 1.807) is 11.4 Å². The summed E-state index contributed by atoms with van der Waals surface area (Å²) in [6.45, 7) is 0. The monoisotopic (exact) mass is 310 g/mol. The van der Waals surface area contributed by atoms with Crippen LogP contribution in [0.15, 0.2) is 23.6 Å². The summed E-state index contributed by atoms with van der Waals surface area (Å²) in [7, 11) is 0. The van der Waals surface area contributed by atoms with Crippen LogP contribution in [0.4, 0.5) is 10.3 Å². The zero-order valence-corrected chi connectivity index (χ0v) is 11.8. The number of benzene rings is 1. The molecule has 8 heteroatoms. The zero-order chi connectivity index (χ0) is 13.4. The Kier molecular flexibility index (Phi) is 3.09. The maximum Gasteiger partial charge on any atom is 0.276 e. The van der Waals surface area contributed by atoms with Crippen molar-refractivity contribution in [3.63, 3.8) is 0 Å². The number of nitrogen functional groups attached to an aromatic ring is 1. The highest BCUT2D eigenvalue weighted by Crippen LogP contribution is 2.28. The molecule has 0 atom stereocenters. The molecule has 0 aliphatic heterocycles. The number of anilines is 2. The molecule has 0 bridgehead atoms. The van der Waals surface area contributed by atoms with Crippen LogP contribution in [0.25, 0.3) is 10.2 Å². The highest BCUT2D eigenvalue weighted by molar-refractivity contribution is 7.22. The average molecular weight is 311 g/mol. The van der Waals surface area contributed by atoms with Crippen molar-refractivity contribution in [2.75, 3.05) is 11.1 Å². The first-order chi connectivity index (χ1) is 9.11. The number of carbonyl (C=O) groups is 1. The Morgan fingerprint density at radius 3 is 2.95 bits per heavy atom. The van der Waals surface area contributed by atoms with Gasteiger partial charge in [0.05, 0.1) is 10.2 Å². The number of nitrogens with zero attached hydrogens (tertiary/aromatic N) is 2. The predicted molar refractivity (Wildman–Crippen MR) is 79.1 cm³/mol. The molecule has 0 saturated heterocycles. The van der Waals surface area contributed by atoms with Crippen LogP contribution in [0.1, 0.15) is 10.5 Å². The average Bonchev–Trinajstić information content (AvgIpc) is 2.94. The van der Waals surface area contributed by atoms with Gasteiger partial charge in [0, 0.05) is 10.4 Å². The molecule has 0 aliphatic carbocycles. The number of carbonyl (C=O) groups excluding carboxylic acids is 1. The summed E-state index contributed by atoms with van der Waals surface area (Å²) in [4.78, 5) is 20.1. The van der Waals surface area contributed by atoms with E-state index in [0.29, 0.717) is 21.0 Å². The van der Waals surface area contributed by atoms with E-state index < -0.39 is 0 Å². The Balaban J connectivity index is 1.87. The van der Waals surface area contributed by atoms with Crippen molar-refractivity contribution in [1.82, 2.24) is 9.97 Å². The van der Waals surface area contributed by atoms with Crippen LogP contribution in [-0.4, -0.2) is 15.9 Å². The van der Waals surface area contributed by atoms with Crippen LogP contribution in [0.2, 0.25) is 5.02 Å².